The van der Waals surface area contributed by atoms with E-state index in [0.29, 0.717) is 0 Å². The van der Waals surface area contributed by atoms with E-state index in [1.165, 1.54) is 0 Å². The summed E-state index contributed by atoms with van der Waals surface area (Å²) in [4.78, 5) is 0. The normalized spacial score (nSPS) is 9.66. The van der Waals surface area contributed by atoms with Crippen LogP contribution in [0.1, 0.15) is 22.3 Å². The van der Waals surface area contributed by atoms with Gasteiger partial charge in [0.15, 0.2) is 0 Å². The molecule has 0 spiro atoms. The van der Waals surface area contributed by atoms with Crippen LogP contribution in [-0.2, 0) is 0 Å². The average Bonchev–Trinajstić information content (AvgIpc) is 2.76. The molecule has 3 aromatic rings. The standard InChI is InChI=1S/C13H10Br2N2.C12H6/c1-9-12(14)7-11(8-13(9)15)17-16-10-5-3-2-4-6-10;1-4-10-7-11(5-2)9-12(6-3)8-10/h2-8H,1H3;1-3,7-9H. The Bertz CT molecular complexity index is 1060. The summed E-state index contributed by atoms with van der Waals surface area (Å²) in [5, 5.41) is 8.38. The Morgan fingerprint density at radius 2 is 1.07 bits per heavy atom. The number of hydrogen-bond donors (Lipinski definition) is 0. The van der Waals surface area contributed by atoms with Gasteiger partial charge in [0.25, 0.3) is 0 Å². The predicted octanol–water partition coefficient (Wildman–Crippen LogP) is 7.57. The van der Waals surface area contributed by atoms with Gasteiger partial charge in [-0.1, -0.05) is 67.8 Å². The van der Waals surface area contributed by atoms with Gasteiger partial charge in [-0.3, -0.25) is 0 Å². The van der Waals surface area contributed by atoms with Gasteiger partial charge in [-0.25, -0.2) is 0 Å². The van der Waals surface area contributed by atoms with Crippen LogP contribution in [0.15, 0.2) is 79.8 Å². The SMILES string of the molecule is C#Cc1cc(C#C)cc(C#C)c1.Cc1c(Br)cc(N=Nc2ccccc2)cc1Br. The summed E-state index contributed by atoms with van der Waals surface area (Å²) in [6.45, 7) is 2.03. The van der Waals surface area contributed by atoms with E-state index in [9.17, 15) is 0 Å². The minimum atomic E-state index is 0.721. The van der Waals surface area contributed by atoms with Crippen molar-refractivity contribution in [1.29, 1.82) is 0 Å². The van der Waals surface area contributed by atoms with E-state index in [0.717, 1.165) is 42.6 Å². The molecule has 3 aromatic carbocycles. The van der Waals surface area contributed by atoms with Crippen LogP contribution in [0.25, 0.3) is 0 Å². The van der Waals surface area contributed by atoms with Crippen molar-refractivity contribution in [1.82, 2.24) is 0 Å². The highest BCUT2D eigenvalue weighted by Crippen LogP contribution is 2.31. The number of nitrogens with zero attached hydrogens (tertiary/aromatic N) is 2. The lowest BCUT2D eigenvalue weighted by Crippen LogP contribution is -1.82. The average molecular weight is 504 g/mol. The highest BCUT2D eigenvalue weighted by Gasteiger charge is 2.02. The van der Waals surface area contributed by atoms with Gasteiger partial charge < -0.3 is 0 Å². The Labute approximate surface area is 188 Å². The lowest BCUT2D eigenvalue weighted by Gasteiger charge is -2.02. The van der Waals surface area contributed by atoms with Crippen molar-refractivity contribution in [3.63, 3.8) is 0 Å². The van der Waals surface area contributed by atoms with Crippen molar-refractivity contribution >= 4 is 43.2 Å². The molecular formula is C25H16Br2N2. The molecule has 0 aromatic heterocycles. The zero-order chi connectivity index (χ0) is 21.2. The predicted molar refractivity (Wildman–Crippen MR) is 127 cm³/mol. The van der Waals surface area contributed by atoms with Gasteiger partial charge in [-0.2, -0.15) is 10.2 Å². The summed E-state index contributed by atoms with van der Waals surface area (Å²) in [7, 11) is 0. The van der Waals surface area contributed by atoms with Gasteiger partial charge in [-0.05, 0) is 55.0 Å². The fourth-order valence-electron chi connectivity index (χ4n) is 2.18. The van der Waals surface area contributed by atoms with Crippen molar-refractivity contribution in [2.24, 2.45) is 10.2 Å². The van der Waals surface area contributed by atoms with E-state index >= 15 is 0 Å². The molecule has 29 heavy (non-hydrogen) atoms. The van der Waals surface area contributed by atoms with Gasteiger partial charge in [0.1, 0.15) is 0 Å². The summed E-state index contributed by atoms with van der Waals surface area (Å²) >= 11 is 6.98. The van der Waals surface area contributed by atoms with Crippen molar-refractivity contribution < 1.29 is 0 Å². The topological polar surface area (TPSA) is 24.7 Å². The fraction of sp³-hybridized carbons (Fsp3) is 0.0400. The molecule has 2 nitrogen and oxygen atoms in total. The van der Waals surface area contributed by atoms with E-state index < -0.39 is 0 Å². The van der Waals surface area contributed by atoms with Crippen LogP contribution in [0.4, 0.5) is 11.4 Å². The van der Waals surface area contributed by atoms with E-state index in [1.807, 2.05) is 49.4 Å². The quantitative estimate of drug-likeness (QED) is 0.254. The van der Waals surface area contributed by atoms with Gasteiger partial charge in [0.2, 0.25) is 0 Å². The van der Waals surface area contributed by atoms with Crippen LogP contribution in [-0.4, -0.2) is 0 Å². The van der Waals surface area contributed by atoms with Gasteiger partial charge in [-0.15, -0.1) is 19.3 Å². The van der Waals surface area contributed by atoms with E-state index in [4.69, 9.17) is 19.3 Å². The summed E-state index contributed by atoms with van der Waals surface area (Å²) < 4.78 is 2.04. The number of hydrogen-bond acceptors (Lipinski definition) is 2. The first kappa shape index (κ1) is 22.2. The monoisotopic (exact) mass is 502 g/mol. The van der Waals surface area contributed by atoms with Crippen molar-refractivity contribution in [2.75, 3.05) is 0 Å². The molecule has 0 atom stereocenters. The number of benzene rings is 3. The van der Waals surface area contributed by atoms with E-state index in [2.05, 4.69) is 59.8 Å². The summed E-state index contributed by atoms with van der Waals surface area (Å²) in [6.07, 6.45) is 15.6. The molecule has 0 aliphatic heterocycles. The van der Waals surface area contributed by atoms with Crippen molar-refractivity contribution in [3.8, 4) is 37.0 Å². The molecule has 0 saturated heterocycles. The highest BCUT2D eigenvalue weighted by molar-refractivity contribution is 9.11. The minimum Gasteiger partial charge on any atom is -0.151 e. The Morgan fingerprint density at radius 1 is 0.655 bits per heavy atom. The Hall–Kier alpha value is -3.10. The molecule has 0 fully saturated rings. The second-order valence-electron chi connectivity index (χ2n) is 5.80. The molecule has 3 rings (SSSR count). The zero-order valence-electron chi connectivity index (χ0n) is 15.7. The Kier molecular flexibility index (Phi) is 8.45. The number of rotatable bonds is 2. The Morgan fingerprint density at radius 3 is 1.48 bits per heavy atom. The maximum absolute atomic E-state index is 5.21. The maximum atomic E-state index is 5.21. The second kappa shape index (κ2) is 11.0. The van der Waals surface area contributed by atoms with E-state index in [1.54, 1.807) is 18.2 Å². The molecule has 0 aliphatic carbocycles. The molecular weight excluding hydrogens is 488 g/mol. The highest BCUT2D eigenvalue weighted by atomic mass is 79.9. The fourth-order valence-corrected chi connectivity index (χ4v) is 3.34. The third kappa shape index (κ3) is 6.78. The molecule has 0 unspecified atom stereocenters. The molecule has 0 N–H and O–H groups in total. The first-order valence-corrected chi connectivity index (χ1v) is 10.0. The van der Waals surface area contributed by atoms with Crippen LogP contribution in [0.5, 0.6) is 0 Å². The van der Waals surface area contributed by atoms with E-state index in [-0.39, 0.29) is 0 Å². The number of azo groups is 1. The molecule has 0 bridgehead atoms. The molecule has 0 radical (unpaired) electrons. The molecule has 4 heteroatoms. The van der Waals surface area contributed by atoms with Crippen LogP contribution in [0.3, 0.4) is 0 Å². The number of halogens is 2. The van der Waals surface area contributed by atoms with Gasteiger partial charge in [0.05, 0.1) is 11.4 Å². The van der Waals surface area contributed by atoms with Crippen molar-refractivity contribution in [3.05, 3.63) is 91.9 Å². The summed E-state index contributed by atoms with van der Waals surface area (Å²) in [6, 6.07) is 18.8. The maximum Gasteiger partial charge on any atom is 0.0879 e. The van der Waals surface area contributed by atoms with Crippen LogP contribution in [0.2, 0.25) is 0 Å². The van der Waals surface area contributed by atoms with Gasteiger partial charge >= 0.3 is 0 Å². The van der Waals surface area contributed by atoms with Gasteiger partial charge in [0, 0.05) is 25.6 Å². The lowest BCUT2D eigenvalue weighted by molar-refractivity contribution is 1.22. The third-order valence-corrected chi connectivity index (χ3v) is 5.38. The third-order valence-electron chi connectivity index (χ3n) is 3.74. The van der Waals surface area contributed by atoms with Crippen LogP contribution >= 0.6 is 31.9 Å². The van der Waals surface area contributed by atoms with Crippen LogP contribution < -0.4 is 0 Å². The molecule has 0 heterocycles. The second-order valence-corrected chi connectivity index (χ2v) is 7.51. The first-order chi connectivity index (χ1) is 14.0. The number of terminal acetylenes is 3. The zero-order valence-corrected chi connectivity index (χ0v) is 18.8. The smallest absolute Gasteiger partial charge is 0.0879 e. The molecule has 0 amide bonds. The summed E-state index contributed by atoms with van der Waals surface area (Å²) in [5.74, 6) is 7.46. The molecule has 140 valence electrons. The summed E-state index contributed by atoms with van der Waals surface area (Å²) in [5.41, 5.74) is 4.98. The van der Waals surface area contributed by atoms with Crippen molar-refractivity contribution in [2.45, 2.75) is 6.92 Å². The van der Waals surface area contributed by atoms with Crippen LogP contribution in [0, 0.1) is 44.0 Å². The first-order valence-electron chi connectivity index (χ1n) is 8.44. The lowest BCUT2D eigenvalue weighted by atomic mass is 10.1. The largest absolute Gasteiger partial charge is 0.151 e. The molecule has 0 aliphatic rings. The molecule has 0 saturated carbocycles. The Balaban J connectivity index is 0.000000221. The minimum absolute atomic E-state index is 0.721.